The van der Waals surface area contributed by atoms with E-state index in [1.54, 1.807) is 12.1 Å². The molecule has 0 saturated heterocycles. The molecule has 0 radical (unpaired) electrons. The molecule has 0 unspecified atom stereocenters. The number of carboxylic acids is 2. The van der Waals surface area contributed by atoms with Crippen molar-refractivity contribution < 1.29 is 28.7 Å². The molecule has 0 fully saturated rings. The first-order valence-electron chi connectivity index (χ1n) is 15.6. The van der Waals surface area contributed by atoms with Gasteiger partial charge in [-0.05, 0) is 91.0 Å². The van der Waals surface area contributed by atoms with E-state index in [1.807, 2.05) is 121 Å². The zero-order chi connectivity index (χ0) is 33.4. The number of aromatic carboxylic acids is 2. The molecule has 1 heterocycles. The molecule has 1 aliphatic heterocycles. The Hall–Kier alpha value is -6.31. The van der Waals surface area contributed by atoms with Crippen LogP contribution in [0.15, 0.2) is 143 Å². The Bertz CT molecular complexity index is 2590. The summed E-state index contributed by atoms with van der Waals surface area (Å²) in [7, 11) is -1.56. The summed E-state index contributed by atoms with van der Waals surface area (Å²) < 4.78 is 20.9. The van der Waals surface area contributed by atoms with Crippen molar-refractivity contribution in [1.82, 2.24) is 0 Å². The Morgan fingerprint density at radius 3 is 1.33 bits per heavy atom. The smallest absolute Gasteiger partial charge is 0.336 e. The second-order valence-electron chi connectivity index (χ2n) is 12.1. The number of rotatable bonds is 4. The highest BCUT2D eigenvalue weighted by atomic mass is 32.2. The highest BCUT2D eigenvalue weighted by Gasteiger charge is 2.28. The molecule has 0 aromatic heterocycles. The van der Waals surface area contributed by atoms with E-state index in [9.17, 15) is 24.0 Å². The van der Waals surface area contributed by atoms with Crippen molar-refractivity contribution >= 4 is 65.8 Å². The van der Waals surface area contributed by atoms with Gasteiger partial charge in [0.05, 0.1) is 31.7 Å². The quantitative estimate of drug-likeness (QED) is 0.196. The fraction of sp³-hybridized carbons (Fsp3) is 0. The molecular weight excluding hydrogens is 633 g/mol. The van der Waals surface area contributed by atoms with Crippen LogP contribution in [0.2, 0.25) is 0 Å². The van der Waals surface area contributed by atoms with Gasteiger partial charge in [0.25, 0.3) is 0 Å². The van der Waals surface area contributed by atoms with Crippen molar-refractivity contribution in [1.29, 1.82) is 0 Å². The van der Waals surface area contributed by atoms with Crippen LogP contribution in [-0.2, 0) is 10.8 Å². The molecule has 49 heavy (non-hydrogen) atoms. The molecule has 8 aromatic rings. The minimum absolute atomic E-state index is 0.254. The van der Waals surface area contributed by atoms with E-state index in [2.05, 4.69) is 0 Å². The molecule has 234 valence electrons. The molecule has 0 saturated carbocycles. The molecule has 7 heteroatoms. The maximum absolute atomic E-state index is 14.5. The third-order valence-electron chi connectivity index (χ3n) is 9.39. The van der Waals surface area contributed by atoms with Gasteiger partial charge in [-0.3, -0.25) is 0 Å². The zero-order valence-electron chi connectivity index (χ0n) is 25.6. The van der Waals surface area contributed by atoms with E-state index in [0.29, 0.717) is 32.1 Å². The number of carboxylic acid groups (broad SMARTS) is 2. The Morgan fingerprint density at radius 2 is 0.898 bits per heavy atom. The molecule has 2 N–H and O–H groups in total. The average molecular weight is 657 g/mol. The van der Waals surface area contributed by atoms with Crippen LogP contribution in [0.5, 0.6) is 11.5 Å². The Labute approximate surface area is 281 Å². The number of carbonyl (C=O) groups is 2. The normalized spacial score (nSPS) is 12.6. The second kappa shape index (κ2) is 10.9. The SMILES string of the molecule is O=C(O)c1ccc(-c2ccc3c4c(ccc3c2)Oc2ccc3cc(-c5ccc(C(=O)O)c6ccccc56)ccc3c2S4=O)c2ccccc12. The maximum Gasteiger partial charge on any atom is 0.336 e. The van der Waals surface area contributed by atoms with Crippen molar-refractivity contribution in [2.75, 3.05) is 0 Å². The lowest BCUT2D eigenvalue weighted by Gasteiger charge is -2.23. The number of benzene rings is 8. The van der Waals surface area contributed by atoms with Crippen LogP contribution in [0.3, 0.4) is 0 Å². The van der Waals surface area contributed by atoms with Gasteiger partial charge in [-0.15, -0.1) is 0 Å². The van der Waals surface area contributed by atoms with E-state index >= 15 is 0 Å². The van der Waals surface area contributed by atoms with Gasteiger partial charge in [0, 0.05) is 10.8 Å². The van der Waals surface area contributed by atoms with Gasteiger partial charge in [-0.2, -0.15) is 0 Å². The first kappa shape index (κ1) is 28.9. The lowest BCUT2D eigenvalue weighted by atomic mass is 9.93. The first-order valence-corrected chi connectivity index (χ1v) is 16.8. The molecule has 0 bridgehead atoms. The van der Waals surface area contributed by atoms with Gasteiger partial charge in [0.15, 0.2) is 0 Å². The number of fused-ring (bicyclic) bond motifs is 8. The summed E-state index contributed by atoms with van der Waals surface area (Å²) in [4.78, 5) is 25.0. The van der Waals surface area contributed by atoms with Gasteiger partial charge in [0.1, 0.15) is 11.5 Å². The van der Waals surface area contributed by atoms with Gasteiger partial charge >= 0.3 is 11.9 Å². The van der Waals surface area contributed by atoms with Crippen molar-refractivity contribution in [2.45, 2.75) is 9.79 Å². The predicted molar refractivity (Wildman–Crippen MR) is 192 cm³/mol. The Balaban J connectivity index is 1.15. The largest absolute Gasteiger partial charge is 0.478 e. The van der Waals surface area contributed by atoms with Crippen LogP contribution < -0.4 is 4.74 Å². The first-order chi connectivity index (χ1) is 23.9. The summed E-state index contributed by atoms with van der Waals surface area (Å²) in [5.41, 5.74) is 4.18. The van der Waals surface area contributed by atoms with Crippen LogP contribution in [-0.4, -0.2) is 26.4 Å². The van der Waals surface area contributed by atoms with Gasteiger partial charge in [0.2, 0.25) is 0 Å². The molecule has 0 amide bonds. The third kappa shape index (κ3) is 4.43. The van der Waals surface area contributed by atoms with Crippen molar-refractivity contribution in [2.24, 2.45) is 0 Å². The second-order valence-corrected chi connectivity index (χ2v) is 13.4. The molecule has 1 aliphatic rings. The highest BCUT2D eigenvalue weighted by molar-refractivity contribution is 7.86. The van der Waals surface area contributed by atoms with Crippen LogP contribution in [0.4, 0.5) is 0 Å². The topological polar surface area (TPSA) is 101 Å². The minimum atomic E-state index is -1.56. The van der Waals surface area contributed by atoms with Crippen LogP contribution in [0.25, 0.3) is 65.3 Å². The molecule has 0 atom stereocenters. The Kier molecular flexibility index (Phi) is 6.41. The van der Waals surface area contributed by atoms with E-state index in [0.717, 1.165) is 54.6 Å². The van der Waals surface area contributed by atoms with Gasteiger partial charge < -0.3 is 14.9 Å². The van der Waals surface area contributed by atoms with Crippen LogP contribution >= 0.6 is 0 Å². The van der Waals surface area contributed by atoms with Crippen molar-refractivity contribution in [3.8, 4) is 33.8 Å². The molecular formula is C42H24O6S. The summed E-state index contributed by atoms with van der Waals surface area (Å²) in [5, 5.41) is 25.9. The van der Waals surface area contributed by atoms with E-state index in [4.69, 9.17) is 4.74 Å². The van der Waals surface area contributed by atoms with E-state index in [1.165, 1.54) is 0 Å². The zero-order valence-corrected chi connectivity index (χ0v) is 26.5. The summed E-state index contributed by atoms with van der Waals surface area (Å²) >= 11 is 0. The number of hydrogen-bond donors (Lipinski definition) is 2. The minimum Gasteiger partial charge on any atom is -0.478 e. The summed E-state index contributed by atoms with van der Waals surface area (Å²) in [5.74, 6) is -0.851. The van der Waals surface area contributed by atoms with E-state index < -0.39 is 22.7 Å². The maximum atomic E-state index is 14.5. The standard InChI is InChI=1S/C42H24O6S/c43-41(44)35-17-15-27(31-5-1-3-7-33(31)35)23-9-13-29-25(21-23)11-19-37-39(29)49(47)40-30-14-10-24(22-26(30)12-20-38(40)48-37)28-16-18-36(42(45)46)34-8-4-2-6-32(28)34/h1-22H,(H,43,44)(H,45,46). The molecule has 9 rings (SSSR count). The molecule has 0 spiro atoms. The van der Waals surface area contributed by atoms with Crippen LogP contribution in [0.1, 0.15) is 20.7 Å². The Morgan fingerprint density at radius 1 is 0.469 bits per heavy atom. The fourth-order valence-corrected chi connectivity index (χ4v) is 8.70. The summed E-state index contributed by atoms with van der Waals surface area (Å²) in [6, 6.07) is 41.5. The summed E-state index contributed by atoms with van der Waals surface area (Å²) in [6.45, 7) is 0. The van der Waals surface area contributed by atoms with Gasteiger partial charge in [-0.1, -0.05) is 97.1 Å². The van der Waals surface area contributed by atoms with Gasteiger partial charge in [-0.25, -0.2) is 13.8 Å². The predicted octanol–water partition coefficient (Wildman–Crippen LogP) is 10.3. The lowest BCUT2D eigenvalue weighted by Crippen LogP contribution is -2.07. The number of hydrogen-bond acceptors (Lipinski definition) is 4. The molecule has 0 aliphatic carbocycles. The molecule has 8 aromatic carbocycles. The average Bonchev–Trinajstić information content (AvgIpc) is 3.13. The number of ether oxygens (including phenoxy) is 1. The van der Waals surface area contributed by atoms with Crippen molar-refractivity contribution in [3.63, 3.8) is 0 Å². The van der Waals surface area contributed by atoms with Crippen molar-refractivity contribution in [3.05, 3.63) is 145 Å². The van der Waals surface area contributed by atoms with E-state index in [-0.39, 0.29) is 11.1 Å². The highest BCUT2D eigenvalue weighted by Crippen LogP contribution is 2.47. The lowest BCUT2D eigenvalue weighted by molar-refractivity contribution is 0.0688. The monoisotopic (exact) mass is 656 g/mol. The fourth-order valence-electron chi connectivity index (χ4n) is 7.14. The third-order valence-corrected chi connectivity index (χ3v) is 11.0. The molecule has 6 nitrogen and oxygen atoms in total. The van der Waals surface area contributed by atoms with Crippen LogP contribution in [0, 0.1) is 0 Å². The summed E-state index contributed by atoms with van der Waals surface area (Å²) in [6.07, 6.45) is 0.